The third-order valence-electron chi connectivity index (χ3n) is 3.07. The van der Waals surface area contributed by atoms with Crippen LogP contribution >= 0.6 is 0 Å². The fraction of sp³-hybridized carbons (Fsp3) is 0.900. The lowest BCUT2D eigenvalue weighted by Gasteiger charge is -2.34. The van der Waals surface area contributed by atoms with Gasteiger partial charge in [-0.25, -0.2) is 0 Å². The predicted molar refractivity (Wildman–Crippen MR) is 49.6 cm³/mol. The highest BCUT2D eigenvalue weighted by Gasteiger charge is 2.36. The van der Waals surface area contributed by atoms with Crippen molar-refractivity contribution in [3.05, 3.63) is 0 Å². The minimum absolute atomic E-state index is 0.317. The van der Waals surface area contributed by atoms with E-state index in [0.717, 1.165) is 5.92 Å². The average Bonchev–Trinajstić information content (AvgIpc) is 2.84. The van der Waals surface area contributed by atoms with Gasteiger partial charge in [-0.2, -0.15) is 5.26 Å². The highest BCUT2D eigenvalue weighted by atomic mass is 15.2. The fourth-order valence-electron chi connectivity index (χ4n) is 1.48. The largest absolute Gasteiger partial charge is 0.286 e. The first-order valence-electron chi connectivity index (χ1n) is 4.63. The Kier molecular flexibility index (Phi) is 2.44. The van der Waals surface area contributed by atoms with Gasteiger partial charge in [-0.1, -0.05) is 0 Å². The number of hydrogen-bond acceptors (Lipinski definition) is 2. The maximum atomic E-state index is 8.92. The Morgan fingerprint density at radius 1 is 1.50 bits per heavy atom. The smallest absolute Gasteiger partial charge is 0.103 e. The fourth-order valence-corrected chi connectivity index (χ4v) is 1.48. The first-order valence-corrected chi connectivity index (χ1v) is 4.63. The summed E-state index contributed by atoms with van der Waals surface area (Å²) in [5, 5.41) is 8.92. The van der Waals surface area contributed by atoms with E-state index in [-0.39, 0.29) is 5.54 Å². The molecule has 0 aromatic heterocycles. The van der Waals surface area contributed by atoms with Crippen molar-refractivity contribution in [1.29, 1.82) is 5.26 Å². The van der Waals surface area contributed by atoms with Gasteiger partial charge >= 0.3 is 0 Å². The lowest BCUT2D eigenvalue weighted by Crippen LogP contribution is -2.46. The van der Waals surface area contributed by atoms with E-state index in [4.69, 9.17) is 5.26 Å². The summed E-state index contributed by atoms with van der Waals surface area (Å²) in [5.41, 5.74) is -0.317. The van der Waals surface area contributed by atoms with Crippen molar-refractivity contribution in [3.63, 3.8) is 0 Å². The van der Waals surface area contributed by atoms with Gasteiger partial charge in [0, 0.05) is 6.04 Å². The van der Waals surface area contributed by atoms with Crippen LogP contribution in [0.4, 0.5) is 0 Å². The second-order valence-electron chi connectivity index (χ2n) is 4.36. The second kappa shape index (κ2) is 3.06. The summed E-state index contributed by atoms with van der Waals surface area (Å²) in [5.74, 6) is 0.836. The van der Waals surface area contributed by atoms with Crippen LogP contribution in [0, 0.1) is 17.2 Å². The minimum Gasteiger partial charge on any atom is -0.286 e. The van der Waals surface area contributed by atoms with E-state index < -0.39 is 0 Å². The SMILES string of the molecule is CC(C1CC1)N(C)C(C)(C)C#N. The molecule has 0 N–H and O–H groups in total. The van der Waals surface area contributed by atoms with Crippen molar-refractivity contribution in [1.82, 2.24) is 4.90 Å². The summed E-state index contributed by atoms with van der Waals surface area (Å²) < 4.78 is 0. The maximum absolute atomic E-state index is 8.92. The summed E-state index contributed by atoms with van der Waals surface area (Å²) in [6, 6.07) is 2.89. The zero-order valence-electron chi connectivity index (χ0n) is 8.46. The van der Waals surface area contributed by atoms with Crippen molar-refractivity contribution in [3.8, 4) is 6.07 Å². The van der Waals surface area contributed by atoms with Gasteiger partial charge in [0.15, 0.2) is 0 Å². The Morgan fingerprint density at radius 2 is 2.00 bits per heavy atom. The van der Waals surface area contributed by atoms with Gasteiger partial charge in [0.2, 0.25) is 0 Å². The van der Waals surface area contributed by atoms with Gasteiger partial charge in [-0.3, -0.25) is 4.90 Å². The van der Waals surface area contributed by atoms with E-state index in [9.17, 15) is 0 Å². The zero-order valence-corrected chi connectivity index (χ0v) is 8.46. The van der Waals surface area contributed by atoms with Crippen molar-refractivity contribution < 1.29 is 0 Å². The maximum Gasteiger partial charge on any atom is 0.103 e. The molecule has 1 atom stereocenters. The normalized spacial score (nSPS) is 20.7. The monoisotopic (exact) mass is 166 g/mol. The molecule has 1 unspecified atom stereocenters. The first kappa shape index (κ1) is 9.54. The Balaban J connectivity index is 2.56. The van der Waals surface area contributed by atoms with Crippen LogP contribution in [0.15, 0.2) is 0 Å². The summed E-state index contributed by atoms with van der Waals surface area (Å²) in [7, 11) is 2.05. The van der Waals surface area contributed by atoms with Gasteiger partial charge < -0.3 is 0 Å². The molecular weight excluding hydrogens is 148 g/mol. The molecule has 0 aromatic rings. The number of rotatable bonds is 3. The predicted octanol–water partition coefficient (Wildman–Crippen LogP) is 2.02. The van der Waals surface area contributed by atoms with E-state index in [1.807, 2.05) is 20.9 Å². The average molecular weight is 166 g/mol. The molecule has 0 aliphatic heterocycles. The van der Waals surface area contributed by atoms with Crippen LogP contribution in [0.25, 0.3) is 0 Å². The van der Waals surface area contributed by atoms with E-state index in [0.29, 0.717) is 6.04 Å². The molecule has 0 radical (unpaired) electrons. The van der Waals surface area contributed by atoms with E-state index >= 15 is 0 Å². The first-order chi connectivity index (χ1) is 5.49. The van der Waals surface area contributed by atoms with E-state index in [1.165, 1.54) is 12.8 Å². The third kappa shape index (κ3) is 1.78. The molecule has 1 aliphatic carbocycles. The molecule has 0 bridgehead atoms. The summed E-state index contributed by atoms with van der Waals surface area (Å²) >= 11 is 0. The molecule has 0 saturated heterocycles. The molecule has 1 rings (SSSR count). The van der Waals surface area contributed by atoms with Gasteiger partial charge in [-0.15, -0.1) is 0 Å². The van der Waals surface area contributed by atoms with Crippen LogP contribution in [-0.2, 0) is 0 Å². The van der Waals surface area contributed by atoms with E-state index in [1.54, 1.807) is 0 Å². The van der Waals surface area contributed by atoms with Gasteiger partial charge in [0.05, 0.1) is 6.07 Å². The molecule has 2 nitrogen and oxygen atoms in total. The number of nitrogens with zero attached hydrogens (tertiary/aromatic N) is 2. The third-order valence-corrected chi connectivity index (χ3v) is 3.07. The van der Waals surface area contributed by atoms with Gasteiger partial charge in [-0.05, 0) is 46.6 Å². The zero-order chi connectivity index (χ0) is 9.35. The molecule has 12 heavy (non-hydrogen) atoms. The Morgan fingerprint density at radius 3 is 2.33 bits per heavy atom. The van der Waals surface area contributed by atoms with Gasteiger partial charge in [0.25, 0.3) is 0 Å². The molecule has 1 aliphatic rings. The Hall–Kier alpha value is -0.550. The molecule has 2 heteroatoms. The molecular formula is C10H18N2. The van der Waals surface area contributed by atoms with Crippen LogP contribution in [0.3, 0.4) is 0 Å². The molecule has 68 valence electrons. The van der Waals surface area contributed by atoms with Gasteiger partial charge in [0.1, 0.15) is 5.54 Å². The van der Waals surface area contributed by atoms with Crippen LogP contribution in [0.2, 0.25) is 0 Å². The number of hydrogen-bond donors (Lipinski definition) is 0. The van der Waals surface area contributed by atoms with E-state index in [2.05, 4.69) is 17.9 Å². The summed E-state index contributed by atoms with van der Waals surface area (Å²) in [6.45, 7) is 6.18. The van der Waals surface area contributed by atoms with Crippen molar-refractivity contribution in [2.45, 2.75) is 45.2 Å². The molecule has 0 heterocycles. The molecule has 1 saturated carbocycles. The van der Waals surface area contributed by atoms with Crippen molar-refractivity contribution in [2.24, 2.45) is 5.92 Å². The van der Waals surface area contributed by atoms with Crippen LogP contribution < -0.4 is 0 Å². The van der Waals surface area contributed by atoms with Crippen LogP contribution in [-0.4, -0.2) is 23.5 Å². The standard InChI is InChI=1S/C10H18N2/c1-8(9-5-6-9)12(4)10(2,3)7-11/h8-9H,5-6H2,1-4H3. The molecule has 0 amide bonds. The highest BCUT2D eigenvalue weighted by Crippen LogP contribution is 2.36. The molecule has 0 aromatic carbocycles. The topological polar surface area (TPSA) is 27.0 Å². The lowest BCUT2D eigenvalue weighted by molar-refractivity contribution is 0.141. The lowest BCUT2D eigenvalue weighted by atomic mass is 10.0. The quantitative estimate of drug-likeness (QED) is 0.641. The highest BCUT2D eigenvalue weighted by molar-refractivity contribution is 5.03. The Bertz CT molecular complexity index is 198. The second-order valence-corrected chi connectivity index (χ2v) is 4.36. The minimum atomic E-state index is -0.317. The van der Waals surface area contributed by atoms with Crippen LogP contribution in [0.5, 0.6) is 0 Å². The summed E-state index contributed by atoms with van der Waals surface area (Å²) in [4.78, 5) is 2.19. The van der Waals surface area contributed by atoms with Crippen molar-refractivity contribution >= 4 is 0 Å². The summed E-state index contributed by atoms with van der Waals surface area (Å²) in [6.07, 6.45) is 2.68. The van der Waals surface area contributed by atoms with Crippen molar-refractivity contribution in [2.75, 3.05) is 7.05 Å². The molecule has 1 fully saturated rings. The number of nitriles is 1. The Labute approximate surface area is 75.2 Å². The van der Waals surface area contributed by atoms with Crippen LogP contribution in [0.1, 0.15) is 33.6 Å². The molecule has 0 spiro atoms.